The molecule has 18 heavy (non-hydrogen) atoms. The summed E-state index contributed by atoms with van der Waals surface area (Å²) >= 11 is 0. The van der Waals surface area contributed by atoms with E-state index < -0.39 is 0 Å². The molecule has 0 spiro atoms. The maximum Gasteiger partial charge on any atom is 0.277 e. The van der Waals surface area contributed by atoms with Crippen LogP contribution in [0.4, 0.5) is 0 Å². The Morgan fingerprint density at radius 1 is 0.778 bits per heavy atom. The Hall–Kier alpha value is -2.48. The number of benzene rings is 1. The Morgan fingerprint density at radius 2 is 1.33 bits per heavy atom. The molecule has 0 radical (unpaired) electrons. The molecule has 0 aromatic heterocycles. The van der Waals surface area contributed by atoms with Gasteiger partial charge in [-0.3, -0.25) is 4.79 Å². The van der Waals surface area contributed by atoms with E-state index in [4.69, 9.17) is 0 Å². The number of carbonyl (C=O) groups excluding carboxylic acids is 1. The second-order valence-electron chi connectivity index (χ2n) is 3.70. The molecule has 2 rings (SSSR count). The van der Waals surface area contributed by atoms with Gasteiger partial charge in [0.15, 0.2) is 0 Å². The van der Waals surface area contributed by atoms with E-state index in [2.05, 4.69) is 4.99 Å². The van der Waals surface area contributed by atoms with Gasteiger partial charge >= 0.3 is 0 Å². The fraction of sp³-hybridized carbons (Fsp3) is 0. The maximum atomic E-state index is 11.9. The van der Waals surface area contributed by atoms with Gasteiger partial charge in [0, 0.05) is 5.56 Å². The van der Waals surface area contributed by atoms with Crippen LogP contribution in [0.2, 0.25) is 0 Å². The van der Waals surface area contributed by atoms with Crippen molar-refractivity contribution in [3.05, 3.63) is 84.5 Å². The highest BCUT2D eigenvalue weighted by Crippen LogP contribution is 2.02. The summed E-state index contributed by atoms with van der Waals surface area (Å²) in [5.41, 5.74) is 1.23. The molecule has 0 aliphatic heterocycles. The lowest BCUT2D eigenvalue weighted by Crippen LogP contribution is -1.99. The molecule has 0 heterocycles. The van der Waals surface area contributed by atoms with Gasteiger partial charge in [-0.2, -0.15) is 0 Å². The van der Waals surface area contributed by atoms with Crippen LogP contribution in [-0.2, 0) is 0 Å². The largest absolute Gasteiger partial charge is 0.277 e. The lowest BCUT2D eigenvalue weighted by molar-refractivity contribution is 0.100. The van der Waals surface area contributed by atoms with Crippen molar-refractivity contribution in [3.8, 4) is 0 Å². The second-order valence-corrected chi connectivity index (χ2v) is 3.70. The molecule has 1 aliphatic carbocycles. The first-order chi connectivity index (χ1) is 8.86. The smallest absolute Gasteiger partial charge is 0.267 e. The summed E-state index contributed by atoms with van der Waals surface area (Å²) in [7, 11) is 0. The van der Waals surface area contributed by atoms with E-state index in [1.807, 2.05) is 54.7 Å². The minimum Gasteiger partial charge on any atom is -0.267 e. The summed E-state index contributed by atoms with van der Waals surface area (Å²) in [6.07, 6.45) is 15.0. The fourth-order valence-corrected chi connectivity index (χ4v) is 1.46. The van der Waals surface area contributed by atoms with Crippen LogP contribution in [0.3, 0.4) is 0 Å². The zero-order valence-electron chi connectivity index (χ0n) is 9.86. The van der Waals surface area contributed by atoms with Crippen LogP contribution < -0.4 is 0 Å². The standard InChI is InChI=1S/C16H13NO/c18-16(14-10-6-5-7-11-14)17-15-12-8-3-1-2-4-9-13-15/h1-13H/b3-1-,4-2-,12-8-,13-9?,17-15?. The molecule has 1 aromatic carbocycles. The molecule has 1 aromatic rings. The normalized spacial score (nSPS) is 21.7. The van der Waals surface area contributed by atoms with Crippen molar-refractivity contribution >= 4 is 11.6 Å². The van der Waals surface area contributed by atoms with Gasteiger partial charge in [0.2, 0.25) is 0 Å². The van der Waals surface area contributed by atoms with Gasteiger partial charge in [-0.15, -0.1) is 0 Å². The van der Waals surface area contributed by atoms with Crippen molar-refractivity contribution in [1.82, 2.24) is 0 Å². The van der Waals surface area contributed by atoms with Crippen molar-refractivity contribution in [2.45, 2.75) is 0 Å². The van der Waals surface area contributed by atoms with Crippen molar-refractivity contribution < 1.29 is 4.79 Å². The monoisotopic (exact) mass is 235 g/mol. The second kappa shape index (κ2) is 6.30. The first-order valence-corrected chi connectivity index (χ1v) is 5.72. The van der Waals surface area contributed by atoms with Crippen LogP contribution in [0.15, 0.2) is 83.9 Å². The quantitative estimate of drug-likeness (QED) is 0.732. The zero-order valence-corrected chi connectivity index (χ0v) is 9.86. The third-order valence-electron chi connectivity index (χ3n) is 2.34. The van der Waals surface area contributed by atoms with E-state index in [0.717, 1.165) is 0 Å². The van der Waals surface area contributed by atoms with Gasteiger partial charge in [0.25, 0.3) is 5.91 Å². The Bertz CT molecular complexity index is 536. The summed E-state index contributed by atoms with van der Waals surface area (Å²) in [6.45, 7) is 0. The van der Waals surface area contributed by atoms with E-state index >= 15 is 0 Å². The molecule has 0 fully saturated rings. The molecule has 1 aliphatic rings. The van der Waals surface area contributed by atoms with Crippen molar-refractivity contribution in [1.29, 1.82) is 0 Å². The number of hydrogen-bond donors (Lipinski definition) is 0. The van der Waals surface area contributed by atoms with Crippen LogP contribution in [0.5, 0.6) is 0 Å². The maximum absolute atomic E-state index is 11.9. The van der Waals surface area contributed by atoms with Crippen molar-refractivity contribution in [2.75, 3.05) is 0 Å². The molecule has 0 atom stereocenters. The van der Waals surface area contributed by atoms with Crippen LogP contribution >= 0.6 is 0 Å². The molecule has 0 saturated carbocycles. The topological polar surface area (TPSA) is 29.4 Å². The number of allylic oxidation sites excluding steroid dienone is 8. The van der Waals surface area contributed by atoms with Crippen LogP contribution in [0.25, 0.3) is 0 Å². The highest BCUT2D eigenvalue weighted by atomic mass is 16.1. The molecule has 1 amide bonds. The summed E-state index contributed by atoms with van der Waals surface area (Å²) in [5.74, 6) is -0.230. The molecule has 0 unspecified atom stereocenters. The Morgan fingerprint density at radius 3 is 1.94 bits per heavy atom. The minimum atomic E-state index is -0.230. The Labute approximate surface area is 106 Å². The molecule has 88 valence electrons. The van der Waals surface area contributed by atoms with E-state index in [9.17, 15) is 4.79 Å². The first kappa shape index (κ1) is 12.0. The number of hydrogen-bond acceptors (Lipinski definition) is 1. The average molecular weight is 235 g/mol. The van der Waals surface area contributed by atoms with Gasteiger partial charge in [-0.25, -0.2) is 4.99 Å². The summed E-state index contributed by atoms with van der Waals surface area (Å²) < 4.78 is 0. The summed E-state index contributed by atoms with van der Waals surface area (Å²) in [5, 5.41) is 0. The highest BCUT2D eigenvalue weighted by molar-refractivity contribution is 6.12. The molecule has 0 saturated heterocycles. The Kier molecular flexibility index (Phi) is 4.20. The molecular weight excluding hydrogens is 222 g/mol. The Balaban J connectivity index is 2.24. The third-order valence-corrected chi connectivity index (χ3v) is 2.34. The van der Waals surface area contributed by atoms with Gasteiger partial charge in [-0.1, -0.05) is 54.7 Å². The number of amides is 1. The lowest BCUT2D eigenvalue weighted by Gasteiger charge is -1.96. The summed E-state index contributed by atoms with van der Waals surface area (Å²) in [4.78, 5) is 16.0. The number of rotatable bonds is 1. The van der Waals surface area contributed by atoms with E-state index in [0.29, 0.717) is 11.3 Å². The van der Waals surface area contributed by atoms with E-state index in [-0.39, 0.29) is 5.91 Å². The predicted molar refractivity (Wildman–Crippen MR) is 74.8 cm³/mol. The highest BCUT2D eigenvalue weighted by Gasteiger charge is 2.02. The SMILES string of the molecule is O=C(N=C1C=C\C=C/C=C\C=C/1)c1ccccc1. The van der Waals surface area contributed by atoms with Gasteiger partial charge in [-0.05, 0) is 24.3 Å². The van der Waals surface area contributed by atoms with Crippen LogP contribution in [0.1, 0.15) is 10.4 Å². The van der Waals surface area contributed by atoms with Gasteiger partial charge in [0.05, 0.1) is 5.71 Å². The first-order valence-electron chi connectivity index (χ1n) is 5.72. The van der Waals surface area contributed by atoms with Gasteiger partial charge < -0.3 is 0 Å². The molecular formula is C16H13NO. The molecule has 2 nitrogen and oxygen atoms in total. The van der Waals surface area contributed by atoms with Crippen LogP contribution in [-0.4, -0.2) is 11.6 Å². The lowest BCUT2D eigenvalue weighted by atomic mass is 10.2. The molecule has 2 heteroatoms. The van der Waals surface area contributed by atoms with E-state index in [1.54, 1.807) is 24.3 Å². The van der Waals surface area contributed by atoms with Crippen LogP contribution in [0, 0.1) is 0 Å². The number of aliphatic imine (C=N–C) groups is 1. The minimum absolute atomic E-state index is 0.230. The zero-order chi connectivity index (χ0) is 12.6. The van der Waals surface area contributed by atoms with Crippen molar-refractivity contribution in [2.24, 2.45) is 4.99 Å². The number of carbonyl (C=O) groups is 1. The van der Waals surface area contributed by atoms with Crippen molar-refractivity contribution in [3.63, 3.8) is 0 Å². The average Bonchev–Trinajstić information content (AvgIpc) is 2.54. The fourth-order valence-electron chi connectivity index (χ4n) is 1.46. The van der Waals surface area contributed by atoms with E-state index in [1.165, 1.54) is 0 Å². The predicted octanol–water partition coefficient (Wildman–Crippen LogP) is 3.51. The third kappa shape index (κ3) is 3.52. The molecule has 0 N–H and O–H groups in total. The number of nitrogens with zero attached hydrogens (tertiary/aromatic N) is 1. The summed E-state index contributed by atoms with van der Waals surface area (Å²) in [6, 6.07) is 9.05. The molecule has 0 bridgehead atoms. The van der Waals surface area contributed by atoms with Gasteiger partial charge in [0.1, 0.15) is 0 Å².